The number of ether oxygens (including phenoxy) is 1. The number of nitrogens with zero attached hydrogens (tertiary/aromatic N) is 3. The van der Waals surface area contributed by atoms with E-state index in [1.165, 1.54) is 24.7 Å². The highest BCUT2D eigenvalue weighted by Crippen LogP contribution is 2.33. The average molecular weight is 273 g/mol. The van der Waals surface area contributed by atoms with Gasteiger partial charge in [0.2, 0.25) is 0 Å². The first kappa shape index (κ1) is 12.3. The molecule has 2 aromatic rings. The molecule has 2 heterocycles. The first-order valence-corrected chi connectivity index (χ1v) is 6.09. The minimum Gasteiger partial charge on any atom is -0.478 e. The summed E-state index contributed by atoms with van der Waals surface area (Å²) in [7, 11) is 0. The smallest absolute Gasteiger partial charge is 0.339 e. The molecule has 0 unspecified atom stereocenters. The summed E-state index contributed by atoms with van der Waals surface area (Å²) in [5.41, 5.74) is -0.432. The van der Waals surface area contributed by atoms with Crippen LogP contribution in [0.2, 0.25) is 0 Å². The van der Waals surface area contributed by atoms with E-state index in [0.29, 0.717) is 0 Å². The highest BCUT2D eigenvalue weighted by molar-refractivity contribution is 5.90. The van der Waals surface area contributed by atoms with E-state index < -0.39 is 5.97 Å². The summed E-state index contributed by atoms with van der Waals surface area (Å²) in [6.07, 6.45) is 7.57. The summed E-state index contributed by atoms with van der Waals surface area (Å²) in [6.45, 7) is 0. The van der Waals surface area contributed by atoms with Crippen LogP contribution in [-0.2, 0) is 0 Å². The van der Waals surface area contributed by atoms with Crippen LogP contribution in [0.15, 0.2) is 35.6 Å². The Morgan fingerprint density at radius 3 is 2.90 bits per heavy atom. The summed E-state index contributed by atoms with van der Waals surface area (Å²) in [5, 5.41) is 9.05. The number of carbonyl (C=O) groups is 1. The number of aromatic nitrogens is 3. The summed E-state index contributed by atoms with van der Waals surface area (Å²) < 4.78 is 6.89. The molecule has 2 aromatic heterocycles. The zero-order chi connectivity index (χ0) is 14.1. The zero-order valence-electron chi connectivity index (χ0n) is 10.4. The van der Waals surface area contributed by atoms with Gasteiger partial charge in [-0.15, -0.1) is 0 Å². The SMILES string of the molecule is O=C(O)c1ccncc1Oc1nccn(C2CC2)c1=O. The molecule has 7 nitrogen and oxygen atoms in total. The van der Waals surface area contributed by atoms with Crippen molar-refractivity contribution >= 4 is 5.97 Å². The van der Waals surface area contributed by atoms with Crippen molar-refractivity contribution in [2.45, 2.75) is 18.9 Å². The van der Waals surface area contributed by atoms with Gasteiger partial charge in [-0.1, -0.05) is 0 Å². The number of aromatic carboxylic acids is 1. The van der Waals surface area contributed by atoms with Crippen LogP contribution >= 0.6 is 0 Å². The van der Waals surface area contributed by atoms with Crippen LogP contribution in [0, 0.1) is 0 Å². The molecule has 0 spiro atoms. The van der Waals surface area contributed by atoms with Gasteiger partial charge < -0.3 is 14.4 Å². The van der Waals surface area contributed by atoms with E-state index >= 15 is 0 Å². The normalized spacial score (nSPS) is 14.0. The molecule has 1 aliphatic carbocycles. The molecule has 3 rings (SSSR count). The fraction of sp³-hybridized carbons (Fsp3) is 0.231. The topological polar surface area (TPSA) is 94.3 Å². The van der Waals surface area contributed by atoms with E-state index in [0.717, 1.165) is 12.8 Å². The van der Waals surface area contributed by atoms with Gasteiger partial charge in [-0.05, 0) is 18.9 Å². The van der Waals surface area contributed by atoms with E-state index in [1.54, 1.807) is 10.8 Å². The Balaban J connectivity index is 1.98. The maximum atomic E-state index is 12.1. The molecule has 0 aliphatic heterocycles. The van der Waals surface area contributed by atoms with Crippen LogP contribution in [0.3, 0.4) is 0 Å². The van der Waals surface area contributed by atoms with Crippen molar-refractivity contribution in [1.82, 2.24) is 14.5 Å². The van der Waals surface area contributed by atoms with Gasteiger partial charge in [0.1, 0.15) is 5.56 Å². The van der Waals surface area contributed by atoms with Gasteiger partial charge in [0.05, 0.1) is 6.20 Å². The average Bonchev–Trinajstić information content (AvgIpc) is 3.26. The van der Waals surface area contributed by atoms with Gasteiger partial charge in [0.15, 0.2) is 5.75 Å². The molecule has 7 heteroatoms. The third-order valence-electron chi connectivity index (χ3n) is 3.00. The lowest BCUT2D eigenvalue weighted by molar-refractivity contribution is 0.0694. The Morgan fingerprint density at radius 2 is 2.20 bits per heavy atom. The Kier molecular flexibility index (Phi) is 2.94. The van der Waals surface area contributed by atoms with Crippen LogP contribution in [0.25, 0.3) is 0 Å². The molecule has 20 heavy (non-hydrogen) atoms. The molecular weight excluding hydrogens is 262 g/mol. The van der Waals surface area contributed by atoms with E-state index in [-0.39, 0.29) is 28.8 Å². The van der Waals surface area contributed by atoms with E-state index in [4.69, 9.17) is 9.84 Å². The summed E-state index contributed by atoms with van der Waals surface area (Å²) in [5.74, 6) is -1.30. The van der Waals surface area contributed by atoms with E-state index in [9.17, 15) is 9.59 Å². The molecule has 1 saturated carbocycles. The number of rotatable bonds is 4. The van der Waals surface area contributed by atoms with Crippen LogP contribution < -0.4 is 10.3 Å². The number of pyridine rings is 1. The maximum Gasteiger partial charge on any atom is 0.339 e. The first-order valence-electron chi connectivity index (χ1n) is 6.09. The third-order valence-corrected chi connectivity index (χ3v) is 3.00. The van der Waals surface area contributed by atoms with Crippen LogP contribution in [0.4, 0.5) is 0 Å². The molecule has 0 saturated heterocycles. The Labute approximate surface area is 113 Å². The third kappa shape index (κ3) is 2.25. The molecule has 102 valence electrons. The second kappa shape index (κ2) is 4.76. The predicted molar refractivity (Wildman–Crippen MR) is 68.0 cm³/mol. The number of hydrogen-bond donors (Lipinski definition) is 1. The minimum absolute atomic E-state index is 0.00172. The second-order valence-corrected chi connectivity index (χ2v) is 4.46. The Morgan fingerprint density at radius 1 is 1.40 bits per heavy atom. The van der Waals surface area contributed by atoms with Crippen molar-refractivity contribution in [1.29, 1.82) is 0 Å². The van der Waals surface area contributed by atoms with Gasteiger partial charge in [0, 0.05) is 24.6 Å². The van der Waals surface area contributed by atoms with Crippen molar-refractivity contribution < 1.29 is 14.6 Å². The monoisotopic (exact) mass is 273 g/mol. The van der Waals surface area contributed by atoms with Gasteiger partial charge >= 0.3 is 11.5 Å². The Bertz CT molecular complexity index is 722. The van der Waals surface area contributed by atoms with Crippen LogP contribution in [-0.4, -0.2) is 25.6 Å². The van der Waals surface area contributed by atoms with Crippen molar-refractivity contribution in [2.24, 2.45) is 0 Å². The largest absolute Gasteiger partial charge is 0.478 e. The lowest BCUT2D eigenvalue weighted by Crippen LogP contribution is -2.21. The molecule has 0 radical (unpaired) electrons. The van der Waals surface area contributed by atoms with Crippen LogP contribution in [0.5, 0.6) is 11.6 Å². The van der Waals surface area contributed by atoms with Crippen molar-refractivity contribution in [3.8, 4) is 11.6 Å². The second-order valence-electron chi connectivity index (χ2n) is 4.46. The lowest BCUT2D eigenvalue weighted by Gasteiger charge is -2.08. The fourth-order valence-electron chi connectivity index (χ4n) is 1.86. The highest BCUT2D eigenvalue weighted by atomic mass is 16.5. The molecule has 1 fully saturated rings. The van der Waals surface area contributed by atoms with Gasteiger partial charge in [-0.3, -0.25) is 9.78 Å². The molecule has 0 aromatic carbocycles. The number of carboxylic acids is 1. The summed E-state index contributed by atoms with van der Waals surface area (Å²) >= 11 is 0. The quantitative estimate of drug-likeness (QED) is 0.906. The molecule has 0 atom stereocenters. The first-order chi connectivity index (χ1) is 9.66. The fourth-order valence-corrected chi connectivity index (χ4v) is 1.86. The van der Waals surface area contributed by atoms with Gasteiger partial charge in [0.25, 0.3) is 5.88 Å². The highest BCUT2D eigenvalue weighted by Gasteiger charge is 2.26. The number of carboxylic acid groups (broad SMARTS) is 1. The van der Waals surface area contributed by atoms with Gasteiger partial charge in [-0.25, -0.2) is 9.78 Å². The minimum atomic E-state index is -1.15. The molecule has 1 N–H and O–H groups in total. The van der Waals surface area contributed by atoms with Crippen molar-refractivity contribution in [3.63, 3.8) is 0 Å². The summed E-state index contributed by atoms with van der Waals surface area (Å²) in [6, 6.07) is 1.50. The lowest BCUT2D eigenvalue weighted by atomic mass is 10.2. The zero-order valence-corrected chi connectivity index (χ0v) is 10.4. The van der Waals surface area contributed by atoms with Gasteiger partial charge in [-0.2, -0.15) is 0 Å². The number of hydrogen-bond acceptors (Lipinski definition) is 5. The summed E-state index contributed by atoms with van der Waals surface area (Å²) in [4.78, 5) is 30.9. The maximum absolute atomic E-state index is 12.1. The Hall–Kier alpha value is -2.70. The van der Waals surface area contributed by atoms with E-state index in [1.807, 2.05) is 0 Å². The standard InChI is InChI=1S/C13H11N3O4/c17-12-11(15-5-6-16(12)8-1-2-8)20-10-7-14-4-3-9(10)13(18)19/h3-8H,1-2H2,(H,18,19). The molecule has 1 aliphatic rings. The molecule has 0 amide bonds. The van der Waals surface area contributed by atoms with Crippen molar-refractivity contribution in [2.75, 3.05) is 0 Å². The van der Waals surface area contributed by atoms with Crippen molar-refractivity contribution in [3.05, 3.63) is 46.8 Å². The molecular formula is C13H11N3O4. The van der Waals surface area contributed by atoms with E-state index in [2.05, 4.69) is 9.97 Å². The predicted octanol–water partition coefficient (Wildman–Crippen LogP) is 1.46. The van der Waals surface area contributed by atoms with Crippen LogP contribution in [0.1, 0.15) is 29.2 Å². The molecule has 0 bridgehead atoms.